The lowest BCUT2D eigenvalue weighted by Crippen LogP contribution is -2.21. The van der Waals surface area contributed by atoms with Gasteiger partial charge >= 0.3 is 7.82 Å². The van der Waals surface area contributed by atoms with Crippen molar-refractivity contribution in [1.82, 2.24) is 5.32 Å². The molecular formula is C5H14NO4P. The van der Waals surface area contributed by atoms with Crippen molar-refractivity contribution in [3.63, 3.8) is 0 Å². The highest BCUT2D eigenvalue weighted by molar-refractivity contribution is 7.45. The van der Waals surface area contributed by atoms with Crippen molar-refractivity contribution < 1.29 is 19.2 Å². The van der Waals surface area contributed by atoms with E-state index in [-0.39, 0.29) is 0 Å². The molecule has 0 unspecified atom stereocenters. The Morgan fingerprint density at radius 2 is 1.36 bits per heavy atom. The zero-order valence-electron chi connectivity index (χ0n) is 6.23. The molecular weight excluding hydrogens is 169 g/mol. The fourth-order valence-corrected chi connectivity index (χ4v) is 0.802. The monoisotopic (exact) mass is 183 g/mol. The van der Waals surface area contributed by atoms with Crippen LogP contribution in [0.25, 0.3) is 0 Å². The second-order valence-corrected chi connectivity index (χ2v) is 3.35. The van der Waals surface area contributed by atoms with E-state index in [0.29, 0.717) is 0 Å². The summed E-state index contributed by atoms with van der Waals surface area (Å²) in [6.07, 6.45) is 4.22. The van der Waals surface area contributed by atoms with Crippen LogP contribution in [-0.4, -0.2) is 27.8 Å². The van der Waals surface area contributed by atoms with E-state index in [9.17, 15) is 0 Å². The summed E-state index contributed by atoms with van der Waals surface area (Å²) in [5.41, 5.74) is 0. The number of hydrogen-bond donors (Lipinski definition) is 4. The first-order chi connectivity index (χ1) is 5.00. The van der Waals surface area contributed by atoms with Crippen molar-refractivity contribution >= 4 is 7.82 Å². The number of piperidine rings is 1. The maximum absolute atomic E-state index is 8.88. The van der Waals surface area contributed by atoms with Gasteiger partial charge in [0.25, 0.3) is 0 Å². The molecule has 6 heteroatoms. The van der Waals surface area contributed by atoms with Gasteiger partial charge < -0.3 is 20.0 Å². The predicted octanol–water partition coefficient (Wildman–Crippen LogP) is -0.169. The van der Waals surface area contributed by atoms with Crippen LogP contribution in [-0.2, 0) is 4.57 Å². The molecule has 1 saturated heterocycles. The van der Waals surface area contributed by atoms with Gasteiger partial charge in [-0.3, -0.25) is 0 Å². The molecule has 68 valence electrons. The summed E-state index contributed by atoms with van der Waals surface area (Å²) in [6.45, 7) is 2.50. The molecule has 11 heavy (non-hydrogen) atoms. The highest BCUT2D eigenvalue weighted by Crippen LogP contribution is 2.25. The number of phosphoric acid groups is 1. The molecule has 1 aliphatic heterocycles. The first kappa shape index (κ1) is 11.1. The van der Waals surface area contributed by atoms with E-state index in [2.05, 4.69) is 5.32 Å². The maximum atomic E-state index is 8.88. The van der Waals surface area contributed by atoms with E-state index in [1.807, 2.05) is 0 Å². The first-order valence-electron chi connectivity index (χ1n) is 3.49. The van der Waals surface area contributed by atoms with Crippen LogP contribution >= 0.6 is 7.82 Å². The van der Waals surface area contributed by atoms with E-state index in [1.54, 1.807) is 0 Å². The van der Waals surface area contributed by atoms with Crippen LogP contribution in [0.4, 0.5) is 0 Å². The molecule has 0 amide bonds. The van der Waals surface area contributed by atoms with Crippen molar-refractivity contribution in [2.24, 2.45) is 0 Å². The predicted molar refractivity (Wildman–Crippen MR) is 41.0 cm³/mol. The molecule has 0 bridgehead atoms. The summed E-state index contributed by atoms with van der Waals surface area (Å²) in [7, 11) is -4.64. The van der Waals surface area contributed by atoms with Crippen molar-refractivity contribution in [2.75, 3.05) is 13.1 Å². The van der Waals surface area contributed by atoms with Crippen LogP contribution in [0.3, 0.4) is 0 Å². The highest BCUT2D eigenvalue weighted by atomic mass is 31.2. The average molecular weight is 183 g/mol. The van der Waals surface area contributed by atoms with E-state index in [4.69, 9.17) is 19.2 Å². The molecule has 5 nitrogen and oxygen atoms in total. The van der Waals surface area contributed by atoms with Gasteiger partial charge in [0, 0.05) is 0 Å². The zero-order valence-corrected chi connectivity index (χ0v) is 7.13. The standard InChI is InChI=1S/C5H11N.H3O4P/c1-2-4-6-5-3-1;1-5(2,3)4/h6H,1-5H2;(H3,1,2,3,4). The quantitative estimate of drug-likeness (QED) is 0.391. The lowest BCUT2D eigenvalue weighted by Gasteiger charge is -2.08. The Kier molecular flexibility index (Phi) is 5.72. The molecule has 0 radical (unpaired) electrons. The van der Waals surface area contributed by atoms with Gasteiger partial charge in [-0.05, 0) is 25.9 Å². The molecule has 1 heterocycles. The molecule has 0 atom stereocenters. The third kappa shape index (κ3) is 17.8. The minimum absolute atomic E-state index is 1.25. The number of hydrogen-bond acceptors (Lipinski definition) is 2. The fraction of sp³-hybridized carbons (Fsp3) is 1.00. The SMILES string of the molecule is C1CCNCC1.O=P(O)(O)O. The van der Waals surface area contributed by atoms with Gasteiger partial charge in [-0.1, -0.05) is 6.42 Å². The second kappa shape index (κ2) is 5.69. The minimum atomic E-state index is -4.64. The highest BCUT2D eigenvalue weighted by Gasteiger charge is 2.00. The summed E-state index contributed by atoms with van der Waals surface area (Å²) in [6, 6.07) is 0. The Morgan fingerprint density at radius 3 is 1.45 bits per heavy atom. The molecule has 0 aliphatic carbocycles. The van der Waals surface area contributed by atoms with Crippen molar-refractivity contribution in [3.05, 3.63) is 0 Å². The van der Waals surface area contributed by atoms with Crippen molar-refractivity contribution in [2.45, 2.75) is 19.3 Å². The summed E-state index contributed by atoms with van der Waals surface area (Å²) in [5.74, 6) is 0. The molecule has 0 aromatic rings. The molecule has 0 spiro atoms. The second-order valence-electron chi connectivity index (χ2n) is 2.32. The van der Waals surface area contributed by atoms with Crippen LogP contribution in [0, 0.1) is 0 Å². The Bertz CT molecular complexity index is 111. The zero-order chi connectivity index (χ0) is 8.74. The van der Waals surface area contributed by atoms with Crippen LogP contribution in [0.5, 0.6) is 0 Å². The van der Waals surface area contributed by atoms with Gasteiger partial charge in [0.1, 0.15) is 0 Å². The summed E-state index contributed by atoms with van der Waals surface area (Å²) < 4.78 is 8.88. The van der Waals surface area contributed by atoms with Gasteiger partial charge in [-0.15, -0.1) is 0 Å². The third-order valence-electron chi connectivity index (χ3n) is 1.21. The summed E-state index contributed by atoms with van der Waals surface area (Å²) in [4.78, 5) is 21.6. The fourth-order valence-electron chi connectivity index (χ4n) is 0.802. The van der Waals surface area contributed by atoms with Crippen molar-refractivity contribution in [3.8, 4) is 0 Å². The topological polar surface area (TPSA) is 89.8 Å². The Hall–Kier alpha value is 0.0700. The van der Waals surface area contributed by atoms with Crippen LogP contribution in [0.1, 0.15) is 19.3 Å². The normalized spacial score (nSPS) is 18.5. The molecule has 4 N–H and O–H groups in total. The Morgan fingerprint density at radius 1 is 1.00 bits per heavy atom. The molecule has 0 saturated carbocycles. The summed E-state index contributed by atoms with van der Waals surface area (Å²) >= 11 is 0. The summed E-state index contributed by atoms with van der Waals surface area (Å²) in [5, 5.41) is 3.28. The average Bonchev–Trinajstić information content (AvgIpc) is 1.88. The van der Waals surface area contributed by atoms with Gasteiger partial charge in [0.05, 0.1) is 0 Å². The molecule has 1 fully saturated rings. The Labute approximate surface area is 65.7 Å². The van der Waals surface area contributed by atoms with Crippen molar-refractivity contribution in [1.29, 1.82) is 0 Å². The van der Waals surface area contributed by atoms with Gasteiger partial charge in [0.15, 0.2) is 0 Å². The van der Waals surface area contributed by atoms with E-state index in [1.165, 1.54) is 32.4 Å². The van der Waals surface area contributed by atoms with Gasteiger partial charge in [0.2, 0.25) is 0 Å². The van der Waals surface area contributed by atoms with E-state index < -0.39 is 7.82 Å². The smallest absolute Gasteiger partial charge is 0.317 e. The molecule has 0 aromatic carbocycles. The van der Waals surface area contributed by atoms with E-state index >= 15 is 0 Å². The minimum Gasteiger partial charge on any atom is -0.317 e. The lowest BCUT2D eigenvalue weighted by molar-refractivity contribution is 0.275. The van der Waals surface area contributed by atoms with Gasteiger partial charge in [-0.25, -0.2) is 4.57 Å². The van der Waals surface area contributed by atoms with Gasteiger partial charge in [-0.2, -0.15) is 0 Å². The van der Waals surface area contributed by atoms with Crippen LogP contribution in [0.15, 0.2) is 0 Å². The first-order valence-corrected chi connectivity index (χ1v) is 5.05. The maximum Gasteiger partial charge on any atom is 0.466 e. The van der Waals surface area contributed by atoms with Crippen LogP contribution < -0.4 is 5.32 Å². The number of nitrogens with one attached hydrogen (secondary N) is 1. The van der Waals surface area contributed by atoms with E-state index in [0.717, 1.165) is 0 Å². The lowest BCUT2D eigenvalue weighted by atomic mass is 10.2. The number of rotatable bonds is 0. The molecule has 0 aromatic heterocycles. The van der Waals surface area contributed by atoms with Crippen LogP contribution in [0.2, 0.25) is 0 Å². The third-order valence-corrected chi connectivity index (χ3v) is 1.21. The largest absolute Gasteiger partial charge is 0.466 e. The molecule has 1 rings (SSSR count). The molecule has 1 aliphatic rings. The Balaban J connectivity index is 0.000000187.